The highest BCUT2D eigenvalue weighted by atomic mass is 32.1. The predicted molar refractivity (Wildman–Crippen MR) is 134 cm³/mol. The molecule has 0 spiro atoms. The molecule has 1 aromatic carbocycles. The van der Waals surface area contributed by atoms with Crippen LogP contribution in [0.25, 0.3) is 5.69 Å². The molecule has 0 unspecified atom stereocenters. The van der Waals surface area contributed by atoms with Crippen molar-refractivity contribution in [3.8, 4) is 5.69 Å². The fourth-order valence-electron chi connectivity index (χ4n) is 5.69. The smallest absolute Gasteiger partial charge is 0.170 e. The van der Waals surface area contributed by atoms with Crippen LogP contribution in [0, 0.1) is 27.7 Å². The second-order valence-electron chi connectivity index (χ2n) is 9.42. The average molecular weight is 445 g/mol. The molecule has 0 amide bonds. The quantitative estimate of drug-likeness (QED) is 0.499. The SMILES string of the molecule is Cc1ccc(C)c(-n2c(C)cc([C@H]3[C@H](c4ccccn4)NC(=S)N3C3CCCC3)c2C)c1. The van der Waals surface area contributed by atoms with Gasteiger partial charge in [-0.1, -0.05) is 31.0 Å². The van der Waals surface area contributed by atoms with E-state index in [0.29, 0.717) is 6.04 Å². The molecule has 1 aliphatic heterocycles. The highest BCUT2D eigenvalue weighted by molar-refractivity contribution is 7.80. The second kappa shape index (κ2) is 8.36. The van der Waals surface area contributed by atoms with Gasteiger partial charge >= 0.3 is 0 Å². The number of nitrogens with one attached hydrogen (secondary N) is 1. The van der Waals surface area contributed by atoms with Gasteiger partial charge in [0.25, 0.3) is 0 Å². The van der Waals surface area contributed by atoms with E-state index < -0.39 is 0 Å². The van der Waals surface area contributed by atoms with Crippen molar-refractivity contribution < 1.29 is 0 Å². The Balaban J connectivity index is 1.66. The molecule has 3 heterocycles. The highest BCUT2D eigenvalue weighted by Crippen LogP contribution is 2.44. The summed E-state index contributed by atoms with van der Waals surface area (Å²) in [6.07, 6.45) is 6.87. The third-order valence-corrected chi connectivity index (χ3v) is 7.58. The lowest BCUT2D eigenvalue weighted by molar-refractivity contribution is 0.245. The number of aryl methyl sites for hydroxylation is 3. The lowest BCUT2D eigenvalue weighted by Crippen LogP contribution is -2.37. The van der Waals surface area contributed by atoms with E-state index in [2.05, 4.69) is 78.9 Å². The van der Waals surface area contributed by atoms with E-state index in [0.717, 1.165) is 10.8 Å². The van der Waals surface area contributed by atoms with Crippen molar-refractivity contribution in [2.75, 3.05) is 0 Å². The van der Waals surface area contributed by atoms with Crippen LogP contribution in [0.2, 0.25) is 0 Å². The summed E-state index contributed by atoms with van der Waals surface area (Å²) in [6, 6.07) is 15.9. The van der Waals surface area contributed by atoms with E-state index in [1.807, 2.05) is 12.3 Å². The molecule has 0 radical (unpaired) electrons. The van der Waals surface area contributed by atoms with Crippen LogP contribution < -0.4 is 5.32 Å². The summed E-state index contributed by atoms with van der Waals surface area (Å²) in [5.41, 5.74) is 8.78. The molecule has 5 rings (SSSR count). The molecule has 3 aromatic rings. The van der Waals surface area contributed by atoms with Crippen molar-refractivity contribution in [1.82, 2.24) is 19.8 Å². The topological polar surface area (TPSA) is 33.1 Å². The molecule has 2 atom stereocenters. The molecule has 2 aliphatic rings. The van der Waals surface area contributed by atoms with Gasteiger partial charge in [-0.3, -0.25) is 4.98 Å². The lowest BCUT2D eigenvalue weighted by atomic mass is 9.95. The number of hydrogen-bond acceptors (Lipinski definition) is 2. The fraction of sp³-hybridized carbons (Fsp3) is 0.407. The van der Waals surface area contributed by atoms with Crippen LogP contribution in [0.1, 0.15) is 71.5 Å². The van der Waals surface area contributed by atoms with E-state index in [4.69, 9.17) is 17.2 Å². The Kier molecular flexibility index (Phi) is 5.54. The molecule has 4 nitrogen and oxygen atoms in total. The molecule has 32 heavy (non-hydrogen) atoms. The van der Waals surface area contributed by atoms with Crippen molar-refractivity contribution in [2.45, 2.75) is 71.5 Å². The maximum atomic E-state index is 5.93. The zero-order valence-electron chi connectivity index (χ0n) is 19.4. The minimum atomic E-state index is 0.0526. The maximum Gasteiger partial charge on any atom is 0.170 e. The van der Waals surface area contributed by atoms with Gasteiger partial charge < -0.3 is 14.8 Å². The average Bonchev–Trinajstić information content (AvgIpc) is 3.49. The summed E-state index contributed by atoms with van der Waals surface area (Å²) >= 11 is 5.93. The van der Waals surface area contributed by atoms with E-state index in [-0.39, 0.29) is 12.1 Å². The van der Waals surface area contributed by atoms with Crippen molar-refractivity contribution in [3.63, 3.8) is 0 Å². The molecular formula is C27H32N4S. The monoisotopic (exact) mass is 444 g/mol. The number of pyridine rings is 1. The van der Waals surface area contributed by atoms with Crippen LogP contribution in [0.15, 0.2) is 48.7 Å². The van der Waals surface area contributed by atoms with Gasteiger partial charge in [-0.15, -0.1) is 0 Å². The summed E-state index contributed by atoms with van der Waals surface area (Å²) in [6.45, 7) is 8.83. The Morgan fingerprint density at radius 2 is 1.78 bits per heavy atom. The number of rotatable bonds is 4. The zero-order chi connectivity index (χ0) is 22.4. The first-order valence-corrected chi connectivity index (χ1v) is 12.1. The third-order valence-electron chi connectivity index (χ3n) is 7.25. The molecule has 1 N–H and O–H groups in total. The maximum absolute atomic E-state index is 5.93. The number of thiocarbonyl (C=S) groups is 1. The Morgan fingerprint density at radius 1 is 1.00 bits per heavy atom. The van der Waals surface area contributed by atoms with E-state index in [1.54, 1.807) is 0 Å². The van der Waals surface area contributed by atoms with Crippen LogP contribution in [-0.2, 0) is 0 Å². The van der Waals surface area contributed by atoms with Crippen LogP contribution in [0.4, 0.5) is 0 Å². The van der Waals surface area contributed by atoms with Gasteiger partial charge in [-0.05, 0) is 93.7 Å². The molecule has 1 saturated carbocycles. The number of nitrogens with zero attached hydrogens (tertiary/aromatic N) is 3. The largest absolute Gasteiger partial charge is 0.352 e. The Bertz CT molecular complexity index is 1140. The van der Waals surface area contributed by atoms with Crippen LogP contribution in [0.3, 0.4) is 0 Å². The first kappa shape index (κ1) is 21.2. The first-order valence-electron chi connectivity index (χ1n) is 11.7. The van der Waals surface area contributed by atoms with E-state index in [9.17, 15) is 0 Å². The molecule has 0 bridgehead atoms. The lowest BCUT2D eigenvalue weighted by Gasteiger charge is -2.33. The first-order chi connectivity index (χ1) is 15.5. The summed E-state index contributed by atoms with van der Waals surface area (Å²) in [5, 5.41) is 4.52. The minimum absolute atomic E-state index is 0.0526. The van der Waals surface area contributed by atoms with Crippen LogP contribution in [-0.4, -0.2) is 25.6 Å². The molecule has 2 aromatic heterocycles. The van der Waals surface area contributed by atoms with E-state index >= 15 is 0 Å². The highest BCUT2D eigenvalue weighted by Gasteiger charge is 2.44. The van der Waals surface area contributed by atoms with Gasteiger partial charge in [-0.2, -0.15) is 0 Å². The normalized spacial score (nSPS) is 21.4. The Hall–Kier alpha value is -2.66. The molecule has 2 fully saturated rings. The molecule has 5 heteroatoms. The summed E-state index contributed by atoms with van der Waals surface area (Å²) < 4.78 is 2.42. The van der Waals surface area contributed by atoms with Gasteiger partial charge in [0.2, 0.25) is 0 Å². The van der Waals surface area contributed by atoms with Crippen molar-refractivity contribution in [1.29, 1.82) is 0 Å². The molecular weight excluding hydrogens is 412 g/mol. The fourth-order valence-corrected chi connectivity index (χ4v) is 6.08. The predicted octanol–water partition coefficient (Wildman–Crippen LogP) is 6.02. The van der Waals surface area contributed by atoms with E-state index in [1.165, 1.54) is 59.4 Å². The number of benzene rings is 1. The van der Waals surface area contributed by atoms with Crippen LogP contribution >= 0.6 is 12.2 Å². The second-order valence-corrected chi connectivity index (χ2v) is 9.81. The van der Waals surface area contributed by atoms with Crippen molar-refractivity contribution in [2.24, 2.45) is 0 Å². The minimum Gasteiger partial charge on any atom is -0.352 e. The Morgan fingerprint density at radius 3 is 2.50 bits per heavy atom. The van der Waals surface area contributed by atoms with Gasteiger partial charge in [0.05, 0.1) is 17.8 Å². The van der Waals surface area contributed by atoms with Gasteiger partial charge in [-0.25, -0.2) is 0 Å². The third kappa shape index (κ3) is 3.53. The van der Waals surface area contributed by atoms with Crippen molar-refractivity contribution >= 4 is 17.3 Å². The summed E-state index contributed by atoms with van der Waals surface area (Å²) in [7, 11) is 0. The zero-order valence-corrected chi connectivity index (χ0v) is 20.2. The number of aromatic nitrogens is 2. The molecule has 166 valence electrons. The number of hydrogen-bond donors (Lipinski definition) is 1. The van der Waals surface area contributed by atoms with Crippen molar-refractivity contribution in [3.05, 3.63) is 82.4 Å². The standard InChI is InChI=1S/C27H32N4S/c1-17-12-13-18(2)24(15-17)30-19(3)16-22(20(30)4)26-25(23-11-7-8-14-28-23)29-27(32)31(26)21-9-5-6-10-21/h7-8,11-16,21,25-26H,5-6,9-10H2,1-4H3,(H,29,32)/t25-,26-/m0/s1. The Labute approximate surface area is 196 Å². The molecule has 1 saturated heterocycles. The van der Waals surface area contributed by atoms with Gasteiger partial charge in [0.15, 0.2) is 5.11 Å². The summed E-state index contributed by atoms with van der Waals surface area (Å²) in [4.78, 5) is 7.22. The van der Waals surface area contributed by atoms with Gasteiger partial charge in [0, 0.05) is 29.3 Å². The molecule has 1 aliphatic carbocycles. The van der Waals surface area contributed by atoms with Crippen LogP contribution in [0.5, 0.6) is 0 Å². The summed E-state index contributed by atoms with van der Waals surface area (Å²) in [5.74, 6) is 0. The van der Waals surface area contributed by atoms with Gasteiger partial charge in [0.1, 0.15) is 0 Å².